The van der Waals surface area contributed by atoms with Crippen molar-refractivity contribution >= 4 is 55.4 Å². The van der Waals surface area contributed by atoms with Crippen molar-refractivity contribution in [3.8, 4) is 44.5 Å². The molecule has 9 rings (SSSR count). The Balaban J connectivity index is 1.57. The molecule has 0 saturated carbocycles. The Morgan fingerprint density at radius 1 is 0.283 bits per heavy atom. The fourth-order valence-corrected chi connectivity index (χ4v) is 65.1. The first-order valence-electron chi connectivity index (χ1n) is 21.6. The van der Waals surface area contributed by atoms with Crippen molar-refractivity contribution in [2.24, 2.45) is 0 Å². The van der Waals surface area contributed by atoms with Crippen LogP contribution in [-0.2, 0) is 0 Å². The summed E-state index contributed by atoms with van der Waals surface area (Å²) in [6, 6.07) is 48.8. The van der Waals surface area contributed by atoms with Crippen LogP contribution in [0.25, 0.3) is 55.3 Å². The third-order valence-corrected chi connectivity index (χ3v) is 55.4. The van der Waals surface area contributed by atoms with Gasteiger partial charge in [-0.3, -0.25) is 0 Å². The zero-order chi connectivity index (χ0) is 42.3. The van der Waals surface area contributed by atoms with E-state index in [1.165, 1.54) is 117 Å². The molecule has 296 valence electrons. The zero-order valence-corrected chi connectivity index (χ0v) is 43.3. The molecule has 0 aromatic heterocycles. The van der Waals surface area contributed by atoms with Gasteiger partial charge in [0.25, 0.3) is 0 Å². The van der Waals surface area contributed by atoms with Crippen molar-refractivity contribution in [1.82, 2.24) is 0 Å². The van der Waals surface area contributed by atoms with Gasteiger partial charge in [0, 0.05) is 0 Å². The molecule has 2 heteroatoms. The predicted octanol–water partition coefficient (Wildman–Crippen LogP) is 12.5. The van der Waals surface area contributed by atoms with Crippen LogP contribution in [0.3, 0.4) is 0 Å². The van der Waals surface area contributed by atoms with Crippen LogP contribution in [0.15, 0.2) is 121 Å². The van der Waals surface area contributed by atoms with E-state index in [1.54, 1.807) is 19.7 Å². The van der Waals surface area contributed by atoms with Gasteiger partial charge in [-0.15, -0.1) is 0 Å². The molecular formula is C58H56Sn2. The number of hydrogen-bond donors (Lipinski definition) is 0. The van der Waals surface area contributed by atoms with Gasteiger partial charge in [0.1, 0.15) is 0 Å². The van der Waals surface area contributed by atoms with Crippen LogP contribution in [0.5, 0.6) is 0 Å². The van der Waals surface area contributed by atoms with E-state index in [-0.39, 0.29) is 0 Å². The maximum absolute atomic E-state index is 3.02. The van der Waals surface area contributed by atoms with Crippen LogP contribution >= 0.6 is 0 Å². The number of hydrogen-bond acceptors (Lipinski definition) is 0. The molecule has 0 unspecified atom stereocenters. The van der Waals surface area contributed by atoms with Crippen molar-refractivity contribution in [2.45, 2.75) is 83.1 Å². The molecule has 0 atom stereocenters. The van der Waals surface area contributed by atoms with Gasteiger partial charge in [0.05, 0.1) is 0 Å². The van der Waals surface area contributed by atoms with Crippen LogP contribution < -0.4 is 14.3 Å². The standard InChI is InChI=1S/2C24H25.C10H6.2Sn/c2*1-15-10-17(3)23(18(4)11-15)21-8-7-9-22(14-21)24-19(5)12-16(2)13-20(24)6;1-2-6-10-8-4-3-7-9(10)5-1;;/h2*7-13H,1-6H3;1-5,7H;;. The van der Waals surface area contributed by atoms with Gasteiger partial charge >= 0.3 is 371 Å². The van der Waals surface area contributed by atoms with Crippen molar-refractivity contribution < 1.29 is 0 Å². The molecule has 0 amide bonds. The molecule has 0 saturated heterocycles. The SMILES string of the molecule is Cc1cc(C)c(-c2cccc(-c3c(C)cc(C)cc3C)[c]2[Sn]2=[Sn]([c]3c(-c4c(C)cc(C)cc4C)cccc3-c3c(C)cc(C)cc3C)[c]3cccc4ccc[c]2c34)c(C)c1. The summed E-state index contributed by atoms with van der Waals surface area (Å²) in [6.07, 6.45) is 0. The number of benzene rings is 8. The van der Waals surface area contributed by atoms with E-state index in [9.17, 15) is 0 Å². The van der Waals surface area contributed by atoms with Crippen molar-refractivity contribution in [3.05, 3.63) is 188 Å². The Morgan fingerprint density at radius 3 is 0.767 bits per heavy atom. The Labute approximate surface area is 368 Å². The first-order valence-corrected chi connectivity index (χ1v) is 38.3. The number of aryl methyl sites for hydroxylation is 12. The summed E-state index contributed by atoms with van der Waals surface area (Å²) in [4.78, 5) is 0. The molecule has 0 radical (unpaired) electrons. The molecule has 0 fully saturated rings. The second-order valence-corrected chi connectivity index (χ2v) is 47.4. The van der Waals surface area contributed by atoms with E-state index in [1.807, 2.05) is 0 Å². The summed E-state index contributed by atoms with van der Waals surface area (Å²) in [6.45, 7) is 27.8. The topological polar surface area (TPSA) is 0 Å². The minimum absolute atomic E-state index is 1.33. The Hall–Kier alpha value is -4.38. The third kappa shape index (κ3) is 6.81. The van der Waals surface area contributed by atoms with E-state index in [4.69, 9.17) is 0 Å². The average Bonchev–Trinajstić information content (AvgIpc) is 3.48. The Morgan fingerprint density at radius 2 is 0.517 bits per heavy atom. The van der Waals surface area contributed by atoms with Crippen LogP contribution in [0.2, 0.25) is 0 Å². The first-order chi connectivity index (χ1) is 28.7. The van der Waals surface area contributed by atoms with Gasteiger partial charge < -0.3 is 0 Å². The van der Waals surface area contributed by atoms with Gasteiger partial charge in [0.15, 0.2) is 0 Å². The molecule has 8 aromatic carbocycles. The fraction of sp³-hybridized carbons (Fsp3) is 0.207. The van der Waals surface area contributed by atoms with Gasteiger partial charge in [-0.2, -0.15) is 0 Å². The fourth-order valence-electron chi connectivity index (χ4n) is 11.4. The van der Waals surface area contributed by atoms with E-state index in [2.05, 4.69) is 204 Å². The average molecular weight is 991 g/mol. The van der Waals surface area contributed by atoms with Crippen molar-refractivity contribution in [2.75, 3.05) is 0 Å². The van der Waals surface area contributed by atoms with Gasteiger partial charge in [-0.1, -0.05) is 0 Å². The van der Waals surface area contributed by atoms with E-state index in [0.717, 1.165) is 0 Å². The normalized spacial score (nSPS) is 12.3. The molecule has 8 aromatic rings. The molecule has 0 bridgehead atoms. The molecule has 1 aliphatic heterocycles. The summed E-state index contributed by atoms with van der Waals surface area (Å²) in [5.41, 5.74) is 28.0. The minimum atomic E-state index is -3.02. The van der Waals surface area contributed by atoms with Gasteiger partial charge in [0.2, 0.25) is 0 Å². The second kappa shape index (κ2) is 15.8. The summed E-state index contributed by atoms with van der Waals surface area (Å²) < 4.78 is 6.82. The van der Waals surface area contributed by atoms with Crippen molar-refractivity contribution in [3.63, 3.8) is 0 Å². The van der Waals surface area contributed by atoms with Crippen LogP contribution in [0.4, 0.5) is 0 Å². The van der Waals surface area contributed by atoms with Crippen LogP contribution in [0.1, 0.15) is 66.8 Å². The van der Waals surface area contributed by atoms with Crippen LogP contribution in [-0.4, -0.2) is 30.3 Å². The second-order valence-electron chi connectivity index (χ2n) is 18.0. The molecule has 0 spiro atoms. The number of rotatable bonds is 6. The van der Waals surface area contributed by atoms with Gasteiger partial charge in [-0.05, 0) is 0 Å². The van der Waals surface area contributed by atoms with Gasteiger partial charge in [-0.25, -0.2) is 0 Å². The molecule has 60 heavy (non-hydrogen) atoms. The zero-order valence-electron chi connectivity index (χ0n) is 37.5. The van der Waals surface area contributed by atoms with E-state index in [0.29, 0.717) is 0 Å². The summed E-state index contributed by atoms with van der Waals surface area (Å²) >= 11 is -6.03. The van der Waals surface area contributed by atoms with E-state index >= 15 is 0 Å². The molecule has 0 aliphatic carbocycles. The molecule has 1 heterocycles. The summed E-state index contributed by atoms with van der Waals surface area (Å²) in [5, 5.41) is 2.99. The van der Waals surface area contributed by atoms with E-state index < -0.39 is 30.3 Å². The first kappa shape index (κ1) is 41.0. The Kier molecular flexibility index (Phi) is 10.8. The third-order valence-electron chi connectivity index (χ3n) is 13.1. The van der Waals surface area contributed by atoms with Crippen LogP contribution in [0, 0.1) is 83.1 Å². The Bertz CT molecular complexity index is 2700. The summed E-state index contributed by atoms with van der Waals surface area (Å²) in [7, 11) is 0. The predicted molar refractivity (Wildman–Crippen MR) is 265 cm³/mol. The van der Waals surface area contributed by atoms with Crippen molar-refractivity contribution in [1.29, 1.82) is 0 Å². The quantitative estimate of drug-likeness (QED) is 0.146. The molecular weight excluding hydrogens is 934 g/mol. The maximum atomic E-state index is 2.59. The molecule has 1 aliphatic rings. The monoisotopic (exact) mass is 992 g/mol. The summed E-state index contributed by atoms with van der Waals surface area (Å²) in [5.74, 6) is 0. The molecule has 0 N–H and O–H groups in total. The molecule has 0 nitrogen and oxygen atoms in total.